The molecule has 0 radical (unpaired) electrons. The van der Waals surface area contributed by atoms with Gasteiger partial charge in [0.25, 0.3) is 0 Å². The van der Waals surface area contributed by atoms with Crippen molar-refractivity contribution < 1.29 is 4.74 Å². The Bertz CT molecular complexity index is 273. The monoisotopic (exact) mass is 179 g/mol. The molecule has 70 valence electrons. The second-order valence-electron chi connectivity index (χ2n) is 3.94. The third-order valence-corrected chi connectivity index (χ3v) is 3.03. The van der Waals surface area contributed by atoms with Gasteiger partial charge in [0, 0.05) is 6.20 Å². The fraction of sp³-hybridized carbons (Fsp3) is 0.778. The van der Waals surface area contributed by atoms with E-state index in [1.165, 1.54) is 19.3 Å². The minimum Gasteiger partial charge on any atom is -0.380 e. The van der Waals surface area contributed by atoms with Crippen LogP contribution in [-0.2, 0) is 4.74 Å². The van der Waals surface area contributed by atoms with Crippen LogP contribution in [0.4, 0.5) is 0 Å². The van der Waals surface area contributed by atoms with Crippen molar-refractivity contribution in [3.8, 4) is 0 Å². The van der Waals surface area contributed by atoms with Gasteiger partial charge in [-0.1, -0.05) is 5.21 Å². The standard InChI is InChI=1S/C9H13N3O/c1-2-8(3-1)12-4-9(10-11-12)7-5-13-6-7/h4,7-8H,1-3,5-6H2. The molecule has 0 bridgehead atoms. The third kappa shape index (κ3) is 1.16. The van der Waals surface area contributed by atoms with Gasteiger partial charge in [0.05, 0.1) is 30.9 Å². The van der Waals surface area contributed by atoms with Crippen LogP contribution in [0.2, 0.25) is 0 Å². The number of aromatic nitrogens is 3. The van der Waals surface area contributed by atoms with Crippen molar-refractivity contribution >= 4 is 0 Å². The molecule has 0 atom stereocenters. The van der Waals surface area contributed by atoms with Crippen LogP contribution in [0.25, 0.3) is 0 Å². The number of rotatable bonds is 2. The molecule has 2 fully saturated rings. The molecule has 0 N–H and O–H groups in total. The van der Waals surface area contributed by atoms with Crippen LogP contribution in [0.1, 0.15) is 36.9 Å². The Kier molecular flexibility index (Phi) is 1.62. The Hall–Kier alpha value is -0.900. The van der Waals surface area contributed by atoms with Gasteiger partial charge < -0.3 is 4.74 Å². The predicted octanol–water partition coefficient (Wildman–Crippen LogP) is 1.12. The fourth-order valence-electron chi connectivity index (χ4n) is 1.71. The van der Waals surface area contributed by atoms with Gasteiger partial charge in [-0.2, -0.15) is 0 Å². The minimum absolute atomic E-state index is 0.508. The van der Waals surface area contributed by atoms with Crippen molar-refractivity contribution in [2.75, 3.05) is 13.2 Å². The molecule has 0 unspecified atom stereocenters. The number of ether oxygens (including phenoxy) is 1. The van der Waals surface area contributed by atoms with E-state index in [1.807, 2.05) is 4.68 Å². The van der Waals surface area contributed by atoms with Crippen LogP contribution in [0.3, 0.4) is 0 Å². The highest BCUT2D eigenvalue weighted by Gasteiger charge is 2.26. The lowest BCUT2D eigenvalue weighted by molar-refractivity contribution is 0.00665. The van der Waals surface area contributed by atoms with Gasteiger partial charge in [-0.3, -0.25) is 0 Å². The highest BCUT2D eigenvalue weighted by molar-refractivity contribution is 5.05. The molecule has 2 heterocycles. The molecule has 1 saturated carbocycles. The molecule has 1 aliphatic carbocycles. The normalized spacial score (nSPS) is 24.0. The summed E-state index contributed by atoms with van der Waals surface area (Å²) in [6.07, 6.45) is 5.97. The summed E-state index contributed by atoms with van der Waals surface area (Å²) in [5, 5.41) is 8.33. The van der Waals surface area contributed by atoms with Crippen LogP contribution >= 0.6 is 0 Å². The molecule has 4 heteroatoms. The van der Waals surface area contributed by atoms with E-state index in [1.54, 1.807) is 0 Å². The SMILES string of the molecule is c1c(C2COC2)nnn1C1CCC1. The summed E-state index contributed by atoms with van der Waals surface area (Å²) in [6.45, 7) is 1.65. The largest absolute Gasteiger partial charge is 0.380 e. The maximum absolute atomic E-state index is 5.12. The van der Waals surface area contributed by atoms with Gasteiger partial charge in [0.2, 0.25) is 0 Å². The lowest BCUT2D eigenvalue weighted by atomic mass is 9.93. The fourth-order valence-corrected chi connectivity index (χ4v) is 1.71. The van der Waals surface area contributed by atoms with Gasteiger partial charge in [-0.15, -0.1) is 5.10 Å². The lowest BCUT2D eigenvalue weighted by Gasteiger charge is -2.25. The summed E-state index contributed by atoms with van der Waals surface area (Å²) in [6, 6.07) is 0.627. The van der Waals surface area contributed by atoms with E-state index in [4.69, 9.17) is 4.74 Å². The van der Waals surface area contributed by atoms with Gasteiger partial charge in [0.15, 0.2) is 0 Å². The zero-order chi connectivity index (χ0) is 8.67. The smallest absolute Gasteiger partial charge is 0.0904 e. The van der Waals surface area contributed by atoms with Crippen LogP contribution in [-0.4, -0.2) is 28.2 Å². The van der Waals surface area contributed by atoms with E-state index in [9.17, 15) is 0 Å². The summed E-state index contributed by atoms with van der Waals surface area (Å²) >= 11 is 0. The van der Waals surface area contributed by atoms with E-state index in [2.05, 4.69) is 16.5 Å². The average Bonchev–Trinajstić information content (AvgIpc) is 2.29. The molecule has 13 heavy (non-hydrogen) atoms. The third-order valence-electron chi connectivity index (χ3n) is 3.03. The van der Waals surface area contributed by atoms with Crippen LogP contribution in [0.5, 0.6) is 0 Å². The van der Waals surface area contributed by atoms with E-state index in [0.717, 1.165) is 18.9 Å². The van der Waals surface area contributed by atoms with Gasteiger partial charge in [0.1, 0.15) is 0 Å². The van der Waals surface area contributed by atoms with Crippen LogP contribution < -0.4 is 0 Å². The molecule has 1 aromatic rings. The highest BCUT2D eigenvalue weighted by atomic mass is 16.5. The molecule has 4 nitrogen and oxygen atoms in total. The van der Waals surface area contributed by atoms with E-state index >= 15 is 0 Å². The Morgan fingerprint density at radius 1 is 1.38 bits per heavy atom. The van der Waals surface area contributed by atoms with Gasteiger partial charge in [-0.05, 0) is 19.3 Å². The van der Waals surface area contributed by atoms with Crippen molar-refractivity contribution in [3.63, 3.8) is 0 Å². The van der Waals surface area contributed by atoms with E-state index in [0.29, 0.717) is 12.0 Å². The first-order valence-corrected chi connectivity index (χ1v) is 4.93. The average molecular weight is 179 g/mol. The Labute approximate surface area is 76.9 Å². The van der Waals surface area contributed by atoms with Crippen molar-refractivity contribution in [1.29, 1.82) is 0 Å². The number of nitrogens with zero attached hydrogens (tertiary/aromatic N) is 3. The molecular formula is C9H13N3O. The van der Waals surface area contributed by atoms with Crippen molar-refractivity contribution in [2.45, 2.75) is 31.2 Å². The predicted molar refractivity (Wildman–Crippen MR) is 46.5 cm³/mol. The summed E-state index contributed by atoms with van der Waals surface area (Å²) in [4.78, 5) is 0. The zero-order valence-corrected chi connectivity index (χ0v) is 7.52. The number of hydrogen-bond donors (Lipinski definition) is 0. The zero-order valence-electron chi connectivity index (χ0n) is 7.52. The first-order valence-electron chi connectivity index (χ1n) is 4.93. The van der Waals surface area contributed by atoms with E-state index in [-0.39, 0.29) is 0 Å². The Morgan fingerprint density at radius 3 is 2.77 bits per heavy atom. The summed E-state index contributed by atoms with van der Waals surface area (Å²) in [5.74, 6) is 0.508. The lowest BCUT2D eigenvalue weighted by Crippen LogP contribution is -2.25. The Morgan fingerprint density at radius 2 is 2.23 bits per heavy atom. The molecule has 2 aliphatic rings. The molecule has 0 spiro atoms. The summed E-state index contributed by atoms with van der Waals surface area (Å²) in [5.41, 5.74) is 1.11. The quantitative estimate of drug-likeness (QED) is 0.683. The molecular weight excluding hydrogens is 166 g/mol. The van der Waals surface area contributed by atoms with Crippen molar-refractivity contribution in [2.24, 2.45) is 0 Å². The Balaban J connectivity index is 1.76. The van der Waals surface area contributed by atoms with Crippen molar-refractivity contribution in [3.05, 3.63) is 11.9 Å². The molecule has 0 aromatic carbocycles. The molecule has 1 aliphatic heterocycles. The van der Waals surface area contributed by atoms with E-state index < -0.39 is 0 Å². The minimum atomic E-state index is 0.508. The summed E-state index contributed by atoms with van der Waals surface area (Å²) in [7, 11) is 0. The maximum Gasteiger partial charge on any atom is 0.0904 e. The first kappa shape index (κ1) is 7.50. The number of hydrogen-bond acceptors (Lipinski definition) is 3. The molecule has 3 rings (SSSR count). The second kappa shape index (κ2) is 2.80. The summed E-state index contributed by atoms with van der Waals surface area (Å²) < 4.78 is 7.15. The first-order chi connectivity index (χ1) is 6.43. The van der Waals surface area contributed by atoms with Crippen LogP contribution in [0.15, 0.2) is 6.20 Å². The second-order valence-corrected chi connectivity index (χ2v) is 3.94. The molecule has 1 saturated heterocycles. The topological polar surface area (TPSA) is 39.9 Å². The van der Waals surface area contributed by atoms with Gasteiger partial charge in [-0.25, -0.2) is 4.68 Å². The molecule has 0 amide bonds. The molecule has 1 aromatic heterocycles. The van der Waals surface area contributed by atoms with Gasteiger partial charge >= 0.3 is 0 Å². The van der Waals surface area contributed by atoms with Crippen LogP contribution in [0, 0.1) is 0 Å². The highest BCUT2D eigenvalue weighted by Crippen LogP contribution is 2.31. The maximum atomic E-state index is 5.12. The van der Waals surface area contributed by atoms with Crippen molar-refractivity contribution in [1.82, 2.24) is 15.0 Å².